The Hall–Kier alpha value is -6.22. The quantitative estimate of drug-likeness (QED) is 0.104. The summed E-state index contributed by atoms with van der Waals surface area (Å²) in [4.78, 5) is 31.0. The van der Waals surface area contributed by atoms with E-state index in [0.717, 1.165) is 45.0 Å². The average molecular weight is 844 g/mol. The summed E-state index contributed by atoms with van der Waals surface area (Å²) < 4.78 is 17.4. The molecule has 0 radical (unpaired) electrons. The molecule has 3 aliphatic rings. The van der Waals surface area contributed by atoms with Gasteiger partial charge in [-0.1, -0.05) is 116 Å². The molecular weight excluding hydrogens is 787 g/mol. The number of hydrogen-bond acceptors (Lipinski definition) is 7. The van der Waals surface area contributed by atoms with Crippen molar-refractivity contribution in [3.63, 3.8) is 0 Å². The summed E-state index contributed by atoms with van der Waals surface area (Å²) in [7, 11) is 3.17. The van der Waals surface area contributed by atoms with E-state index < -0.39 is 23.2 Å². The maximum Gasteiger partial charge on any atom is 0.415 e. The van der Waals surface area contributed by atoms with Crippen molar-refractivity contribution in [1.82, 2.24) is 4.90 Å². The smallest absolute Gasteiger partial charge is 0.415 e. The number of fused-ring (bicyclic) bond motifs is 9. The molecule has 8 nitrogen and oxygen atoms in total. The first-order chi connectivity index (χ1) is 30.5. The minimum absolute atomic E-state index is 0.0290. The second-order valence-electron chi connectivity index (χ2n) is 17.6. The van der Waals surface area contributed by atoms with Crippen molar-refractivity contribution < 1.29 is 34.0 Å². The number of hydrogen-bond donors (Lipinski definition) is 2. The second kappa shape index (κ2) is 18.6. The number of amides is 1. The normalized spacial score (nSPS) is 21.2. The molecule has 324 valence electrons. The largest absolute Gasteiger partial charge is 0.497 e. The van der Waals surface area contributed by atoms with Crippen LogP contribution in [0.5, 0.6) is 17.2 Å². The van der Waals surface area contributed by atoms with Crippen molar-refractivity contribution in [3.8, 4) is 28.4 Å². The highest BCUT2D eigenvalue weighted by atomic mass is 16.6. The number of ketones is 1. The Kier molecular flexibility index (Phi) is 12.8. The summed E-state index contributed by atoms with van der Waals surface area (Å²) in [6, 6.07) is 42.8. The van der Waals surface area contributed by atoms with Gasteiger partial charge in [-0.05, 0) is 121 Å². The maximum atomic E-state index is 14.8. The number of aliphatic hydroxyl groups is 2. The van der Waals surface area contributed by atoms with E-state index in [2.05, 4.69) is 32.1 Å². The minimum atomic E-state index is -1.40. The molecule has 2 bridgehead atoms. The summed E-state index contributed by atoms with van der Waals surface area (Å²) in [6.07, 6.45) is 5.07. The lowest BCUT2D eigenvalue weighted by atomic mass is 9.64. The highest BCUT2D eigenvalue weighted by molar-refractivity contribution is 6.10. The highest BCUT2D eigenvalue weighted by Crippen LogP contribution is 2.59. The summed E-state index contributed by atoms with van der Waals surface area (Å²) in [5.41, 5.74) is 4.70. The van der Waals surface area contributed by atoms with Crippen LogP contribution in [0.25, 0.3) is 21.9 Å². The van der Waals surface area contributed by atoms with E-state index in [4.69, 9.17) is 14.2 Å². The van der Waals surface area contributed by atoms with E-state index in [1.54, 1.807) is 31.3 Å². The maximum absolute atomic E-state index is 14.8. The number of aliphatic hydroxyl groups excluding tert-OH is 1. The first kappa shape index (κ1) is 43.4. The van der Waals surface area contributed by atoms with Crippen molar-refractivity contribution in [2.75, 3.05) is 20.8 Å². The Morgan fingerprint density at radius 3 is 2.25 bits per heavy atom. The fourth-order valence-corrected chi connectivity index (χ4v) is 9.88. The van der Waals surface area contributed by atoms with Crippen LogP contribution < -0.4 is 14.2 Å². The van der Waals surface area contributed by atoms with Gasteiger partial charge in [0.15, 0.2) is 5.78 Å². The Bertz CT molecular complexity index is 2620. The molecule has 3 aliphatic carbocycles. The van der Waals surface area contributed by atoms with Crippen LogP contribution in [-0.2, 0) is 13.0 Å². The fraction of sp³-hybridized carbons (Fsp3) is 0.309. The van der Waals surface area contributed by atoms with E-state index in [9.17, 15) is 19.8 Å². The molecule has 63 heavy (non-hydrogen) atoms. The molecule has 1 amide bonds. The predicted molar refractivity (Wildman–Crippen MR) is 249 cm³/mol. The van der Waals surface area contributed by atoms with Gasteiger partial charge in [0.1, 0.15) is 17.2 Å². The summed E-state index contributed by atoms with van der Waals surface area (Å²) in [6.45, 7) is 4.29. The van der Waals surface area contributed by atoms with Gasteiger partial charge in [-0.2, -0.15) is 0 Å². The van der Waals surface area contributed by atoms with Crippen molar-refractivity contribution in [1.29, 1.82) is 0 Å². The zero-order valence-electron chi connectivity index (χ0n) is 36.7. The molecule has 0 saturated heterocycles. The lowest BCUT2D eigenvalue weighted by Gasteiger charge is -2.46. The van der Waals surface area contributed by atoms with Crippen molar-refractivity contribution in [2.45, 2.75) is 83.0 Å². The summed E-state index contributed by atoms with van der Waals surface area (Å²) >= 11 is 0. The molecule has 0 spiro atoms. The number of nitrogens with zero attached hydrogens (tertiary/aromatic N) is 1. The third kappa shape index (κ3) is 9.29. The topological polar surface area (TPSA) is 106 Å². The Labute approximate surface area is 370 Å². The lowest BCUT2D eigenvalue weighted by molar-refractivity contribution is -0.0802. The SMILES string of the molecule is COc1ccc(CN(C[C@]2(O)CC[C@H]3c4ccc(cc4C(=O)c4ccc(-c5ccccc5)cc4)C[C@@H](O)CCC(C)=CCC[C@@]32C)C(=O)Oc2ccc3ccccc3c2)c(OC)c1. The standard InChI is InChI=1S/C55H57NO7/c1-37-11-10-29-54(2)50(48-27-17-38(31-45(57)24-16-37)32-49(48)52(58)42-20-18-41(19-21-42)39-12-6-5-7-13-39)28-30-55(54,60)36-56(35-44-23-25-46(61-3)34-51(44)62-4)53(59)63-47-26-22-40-14-8-9-15-43(40)33-47/h5-9,11-15,17-23,25-27,32-34,45,50,57,60H,10,16,24,28-31,35-36H2,1-4H3/t45-,50-,54-,55+/m0/s1. The molecule has 1 fully saturated rings. The number of carbonyl (C=O) groups excluding carboxylic acids is 2. The third-order valence-electron chi connectivity index (χ3n) is 13.7. The summed E-state index contributed by atoms with van der Waals surface area (Å²) in [5, 5.41) is 26.5. The summed E-state index contributed by atoms with van der Waals surface area (Å²) in [5.74, 6) is 1.22. The van der Waals surface area contributed by atoms with E-state index in [1.165, 1.54) is 5.57 Å². The molecule has 0 heterocycles. The Balaban J connectivity index is 1.18. The van der Waals surface area contributed by atoms with E-state index in [0.29, 0.717) is 66.9 Å². The first-order valence-electron chi connectivity index (χ1n) is 22.0. The number of ether oxygens (including phenoxy) is 3. The number of rotatable bonds is 10. The van der Waals surface area contributed by atoms with Gasteiger partial charge in [0.05, 0.1) is 39.0 Å². The zero-order valence-corrected chi connectivity index (χ0v) is 36.7. The number of carbonyl (C=O) groups is 2. The van der Waals surface area contributed by atoms with Gasteiger partial charge in [-0.3, -0.25) is 4.79 Å². The van der Waals surface area contributed by atoms with Gasteiger partial charge < -0.3 is 29.3 Å². The average Bonchev–Trinajstić information content (AvgIpc) is 3.56. The molecule has 9 rings (SSSR count). The molecule has 0 unspecified atom stereocenters. The molecular formula is C55H57NO7. The van der Waals surface area contributed by atoms with Crippen LogP contribution in [0.3, 0.4) is 0 Å². The van der Waals surface area contributed by atoms with Crippen LogP contribution >= 0.6 is 0 Å². The van der Waals surface area contributed by atoms with Gasteiger partial charge >= 0.3 is 6.09 Å². The molecule has 6 aromatic carbocycles. The van der Waals surface area contributed by atoms with Crippen molar-refractivity contribution in [2.24, 2.45) is 5.41 Å². The predicted octanol–water partition coefficient (Wildman–Crippen LogP) is 11.5. The van der Waals surface area contributed by atoms with E-state index in [1.807, 2.05) is 109 Å². The molecule has 4 atom stereocenters. The van der Waals surface area contributed by atoms with Crippen molar-refractivity contribution in [3.05, 3.63) is 173 Å². The molecule has 0 aliphatic heterocycles. The third-order valence-corrected chi connectivity index (χ3v) is 13.7. The second-order valence-corrected chi connectivity index (χ2v) is 17.6. The van der Waals surface area contributed by atoms with Crippen LogP contribution in [0, 0.1) is 5.41 Å². The van der Waals surface area contributed by atoms with Gasteiger partial charge in [-0.15, -0.1) is 0 Å². The Morgan fingerprint density at radius 2 is 1.49 bits per heavy atom. The minimum Gasteiger partial charge on any atom is -0.497 e. The number of benzene rings is 6. The van der Waals surface area contributed by atoms with Crippen LogP contribution in [0.1, 0.15) is 90.9 Å². The zero-order chi connectivity index (χ0) is 44.1. The molecule has 2 N–H and O–H groups in total. The molecule has 8 heteroatoms. The van der Waals surface area contributed by atoms with Crippen LogP contribution in [-0.4, -0.2) is 59.5 Å². The monoisotopic (exact) mass is 843 g/mol. The van der Waals surface area contributed by atoms with Crippen molar-refractivity contribution >= 4 is 22.6 Å². The van der Waals surface area contributed by atoms with Crippen LogP contribution in [0.2, 0.25) is 0 Å². The van der Waals surface area contributed by atoms with Crippen LogP contribution in [0.15, 0.2) is 145 Å². The van der Waals surface area contributed by atoms with Gasteiger partial charge in [0.25, 0.3) is 0 Å². The van der Waals surface area contributed by atoms with E-state index >= 15 is 0 Å². The molecule has 6 aromatic rings. The van der Waals surface area contributed by atoms with Gasteiger partial charge in [-0.25, -0.2) is 4.79 Å². The molecule has 1 saturated carbocycles. The first-order valence-corrected chi connectivity index (χ1v) is 22.0. The van der Waals surface area contributed by atoms with E-state index in [-0.39, 0.29) is 24.8 Å². The number of methoxy groups -OCH3 is 2. The van der Waals surface area contributed by atoms with Gasteiger partial charge in [0, 0.05) is 28.2 Å². The van der Waals surface area contributed by atoms with Crippen LogP contribution in [0.4, 0.5) is 4.79 Å². The lowest BCUT2D eigenvalue weighted by Crippen LogP contribution is -2.54. The fourth-order valence-electron chi connectivity index (χ4n) is 9.88. The molecule has 0 aromatic heterocycles. The Morgan fingerprint density at radius 1 is 0.762 bits per heavy atom. The number of allylic oxidation sites excluding steroid dienone is 2. The highest BCUT2D eigenvalue weighted by Gasteiger charge is 2.58. The van der Waals surface area contributed by atoms with Gasteiger partial charge in [0.2, 0.25) is 0 Å².